The Balaban J connectivity index is 4.56. The van der Waals surface area contributed by atoms with Crippen molar-refractivity contribution >= 4 is 38.2 Å². The summed E-state index contributed by atoms with van der Waals surface area (Å²) in [6.07, 6.45) is 0. The van der Waals surface area contributed by atoms with Crippen LogP contribution < -0.4 is 0 Å². The number of hydrogen-bond acceptors (Lipinski definition) is 2. The molecule has 0 aliphatic heterocycles. The number of halogens is 2. The molecule has 0 fully saturated rings. The first kappa shape index (κ1) is 10.7. The molecule has 0 aliphatic carbocycles. The molecule has 1 unspecified atom stereocenters. The van der Waals surface area contributed by atoms with Gasteiger partial charge in [0.05, 0.1) is 4.87 Å². The van der Waals surface area contributed by atoms with Crippen molar-refractivity contribution in [3.63, 3.8) is 0 Å². The summed E-state index contributed by atoms with van der Waals surface area (Å²) in [5.74, 6) is 0. The molecule has 0 saturated carbocycles. The van der Waals surface area contributed by atoms with E-state index in [0.717, 1.165) is 0 Å². The number of hydrogen-bond donors (Lipinski definition) is 0. The van der Waals surface area contributed by atoms with Crippen LogP contribution in [0.3, 0.4) is 0 Å². The van der Waals surface area contributed by atoms with E-state index in [-0.39, 0.29) is 0 Å². The smallest absolute Gasteiger partial charge is 0.212 e. The molecule has 0 bridgehead atoms. The summed E-state index contributed by atoms with van der Waals surface area (Å²) in [5, 5.41) is 0. The summed E-state index contributed by atoms with van der Waals surface area (Å²) in [4.78, 5) is -0.594. The fraction of sp³-hybridized carbons (Fsp3) is 1.00. The second kappa shape index (κ2) is 3.01. The van der Waals surface area contributed by atoms with Crippen molar-refractivity contribution < 1.29 is 8.42 Å². The first-order valence-corrected chi connectivity index (χ1v) is 9.24. The zero-order valence-electron chi connectivity index (χ0n) is 6.06. The maximum absolute atomic E-state index is 10.7. The van der Waals surface area contributed by atoms with Crippen molar-refractivity contribution in [2.45, 2.75) is 24.9 Å². The Bertz CT molecular complexity index is 206. The van der Waals surface area contributed by atoms with E-state index in [1.807, 2.05) is 0 Å². The Morgan fingerprint density at radius 3 is 1.70 bits per heavy atom. The molecule has 0 aliphatic rings. The lowest BCUT2D eigenvalue weighted by molar-refractivity contribution is 0.607. The second-order valence-corrected chi connectivity index (χ2v) is 13.0. The molecule has 62 valence electrons. The highest BCUT2D eigenvalue weighted by atomic mass is 35.7. The molecule has 2 nitrogen and oxygen atoms in total. The van der Waals surface area contributed by atoms with Gasteiger partial charge in [-0.05, 0) is 6.92 Å². The molecule has 0 aromatic rings. The molecule has 0 heterocycles. The van der Waals surface area contributed by atoms with E-state index >= 15 is 0 Å². The molecule has 0 amide bonds. The lowest BCUT2D eigenvalue weighted by Crippen LogP contribution is -2.37. The second-order valence-electron chi connectivity index (χ2n) is 2.68. The fourth-order valence-corrected chi connectivity index (χ4v) is 6.48. The zero-order valence-corrected chi connectivity index (χ0v) is 9.39. The summed E-state index contributed by atoms with van der Waals surface area (Å²) in [6.45, 7) is 5.04. The van der Waals surface area contributed by atoms with Gasteiger partial charge in [-0.15, -0.1) is 0 Å². The third kappa shape index (κ3) is 3.23. The van der Waals surface area contributed by atoms with Crippen molar-refractivity contribution in [2.75, 3.05) is 0 Å². The van der Waals surface area contributed by atoms with Crippen LogP contribution in [0.1, 0.15) is 6.92 Å². The first-order valence-electron chi connectivity index (χ1n) is 2.78. The monoisotopic (exact) mass is 220 g/mol. The van der Waals surface area contributed by atoms with Gasteiger partial charge in [-0.25, -0.2) is 8.42 Å². The Kier molecular flexibility index (Phi) is 3.23. The van der Waals surface area contributed by atoms with E-state index in [0.29, 0.717) is 0 Å². The van der Waals surface area contributed by atoms with Gasteiger partial charge in [-0.3, -0.25) is 0 Å². The zero-order chi connectivity index (χ0) is 8.58. The lowest BCUT2D eigenvalue weighted by Gasteiger charge is -2.18. The van der Waals surface area contributed by atoms with Gasteiger partial charge in [-0.1, -0.05) is 13.1 Å². The van der Waals surface area contributed by atoms with Crippen molar-refractivity contribution in [1.82, 2.24) is 0 Å². The van der Waals surface area contributed by atoms with Gasteiger partial charge in [0.1, 0.15) is 0 Å². The minimum absolute atomic E-state index is 0.594. The summed E-state index contributed by atoms with van der Waals surface area (Å²) in [6, 6.07) is 0. The normalized spacial score (nSPS) is 16.9. The largest absolute Gasteiger partial charge is 0.233 e. The molecule has 0 aromatic heterocycles. The average Bonchev–Trinajstić information content (AvgIpc) is 1.59. The Morgan fingerprint density at radius 2 is 1.70 bits per heavy atom. The minimum Gasteiger partial charge on any atom is -0.212 e. The van der Waals surface area contributed by atoms with Gasteiger partial charge >= 0.3 is 0 Å². The van der Waals surface area contributed by atoms with Crippen LogP contribution in [0.15, 0.2) is 0 Å². The molecule has 0 spiro atoms. The quantitative estimate of drug-likeness (QED) is 0.405. The van der Waals surface area contributed by atoms with Crippen molar-refractivity contribution in [3.8, 4) is 0 Å². The Morgan fingerprint density at radius 1 is 1.40 bits per heavy atom. The van der Waals surface area contributed by atoms with E-state index in [1.165, 1.54) is 0 Å². The molecule has 0 radical (unpaired) electrons. The Hall–Kier alpha value is 0.747. The van der Waals surface area contributed by atoms with Crippen LogP contribution in [-0.2, 0) is 9.05 Å². The summed E-state index contributed by atoms with van der Waals surface area (Å²) in [5.41, 5.74) is 0. The molecule has 1 atom stereocenters. The topological polar surface area (TPSA) is 34.1 Å². The molecule has 0 rings (SSSR count). The first-order chi connectivity index (χ1) is 4.15. The highest BCUT2D eigenvalue weighted by Crippen LogP contribution is 2.22. The molecule has 6 heteroatoms. The molecule has 0 aromatic carbocycles. The standard InChI is InChI=1S/C4H10Cl2O2SSi/c1-4(9(5,7)8)10(2,3)6/h4H,1-3H3. The fourth-order valence-electron chi connectivity index (χ4n) is 0.335. The predicted octanol–water partition coefficient (Wildman–Crippen LogP) is 1.93. The van der Waals surface area contributed by atoms with Crippen LogP contribution >= 0.6 is 21.8 Å². The molecule has 0 N–H and O–H groups in total. The van der Waals surface area contributed by atoms with Crippen LogP contribution in [0.25, 0.3) is 0 Å². The SMILES string of the molecule is CC([Si](C)(C)Cl)S(=O)(=O)Cl. The maximum Gasteiger partial charge on any atom is 0.233 e. The van der Waals surface area contributed by atoms with E-state index < -0.39 is 21.3 Å². The van der Waals surface area contributed by atoms with Crippen molar-refractivity contribution in [1.29, 1.82) is 0 Å². The van der Waals surface area contributed by atoms with E-state index in [4.69, 9.17) is 21.8 Å². The molecular weight excluding hydrogens is 211 g/mol. The highest BCUT2D eigenvalue weighted by Gasteiger charge is 2.35. The van der Waals surface area contributed by atoms with Gasteiger partial charge in [-0.2, -0.15) is 11.1 Å². The third-order valence-electron chi connectivity index (χ3n) is 1.39. The van der Waals surface area contributed by atoms with Crippen molar-refractivity contribution in [2.24, 2.45) is 0 Å². The van der Waals surface area contributed by atoms with Crippen LogP contribution in [0.5, 0.6) is 0 Å². The van der Waals surface area contributed by atoms with Gasteiger partial charge in [0.25, 0.3) is 0 Å². The van der Waals surface area contributed by atoms with Crippen LogP contribution in [-0.4, -0.2) is 20.7 Å². The van der Waals surface area contributed by atoms with Gasteiger partial charge in [0, 0.05) is 10.7 Å². The third-order valence-corrected chi connectivity index (χ3v) is 9.49. The minimum atomic E-state index is -3.46. The maximum atomic E-state index is 10.7. The predicted molar refractivity (Wildman–Crippen MR) is 47.6 cm³/mol. The average molecular weight is 221 g/mol. The molecule has 0 saturated heterocycles. The van der Waals surface area contributed by atoms with Gasteiger partial charge < -0.3 is 0 Å². The Labute approximate surface area is 71.7 Å². The number of rotatable bonds is 2. The van der Waals surface area contributed by atoms with Crippen LogP contribution in [0.2, 0.25) is 13.1 Å². The van der Waals surface area contributed by atoms with Crippen LogP contribution in [0.4, 0.5) is 0 Å². The van der Waals surface area contributed by atoms with Gasteiger partial charge in [0.2, 0.25) is 9.05 Å². The lowest BCUT2D eigenvalue weighted by atomic mass is 11.0. The molecular formula is C4H10Cl2O2SSi. The van der Waals surface area contributed by atoms with Gasteiger partial charge in [0.15, 0.2) is 7.38 Å². The highest BCUT2D eigenvalue weighted by molar-refractivity contribution is 8.15. The summed E-state index contributed by atoms with van der Waals surface area (Å²) in [7, 11) is -0.511. The van der Waals surface area contributed by atoms with Crippen molar-refractivity contribution in [3.05, 3.63) is 0 Å². The summed E-state index contributed by atoms with van der Waals surface area (Å²) >= 11 is 5.84. The van der Waals surface area contributed by atoms with Crippen LogP contribution in [0, 0.1) is 0 Å². The summed E-state index contributed by atoms with van der Waals surface area (Å²) < 4.78 is 21.4. The van der Waals surface area contributed by atoms with E-state index in [1.54, 1.807) is 20.0 Å². The van der Waals surface area contributed by atoms with E-state index in [2.05, 4.69) is 0 Å². The van der Waals surface area contributed by atoms with E-state index in [9.17, 15) is 8.42 Å². The molecule has 10 heavy (non-hydrogen) atoms.